The van der Waals surface area contributed by atoms with Crippen molar-refractivity contribution in [2.45, 2.75) is 26.0 Å². The summed E-state index contributed by atoms with van der Waals surface area (Å²) in [5, 5.41) is 5.20. The van der Waals surface area contributed by atoms with Crippen LogP contribution >= 0.6 is 11.6 Å². The van der Waals surface area contributed by atoms with Gasteiger partial charge in [0.2, 0.25) is 5.28 Å². The third kappa shape index (κ3) is 4.88. The van der Waals surface area contributed by atoms with Gasteiger partial charge in [0.05, 0.1) is 5.56 Å². The Morgan fingerprint density at radius 1 is 1.18 bits per heavy atom. The second kappa shape index (κ2) is 10.2. The van der Waals surface area contributed by atoms with Crippen LogP contribution < -0.4 is 15.7 Å². The average molecular weight is 509 g/mol. The molecule has 0 bridgehead atoms. The number of rotatable bonds is 8. The molecule has 1 heterocycles. The summed E-state index contributed by atoms with van der Waals surface area (Å²) in [6, 6.07) is 3.80. The number of amides is 1. The Morgan fingerprint density at radius 2 is 1.82 bits per heavy atom. The quantitative estimate of drug-likeness (QED) is 0.459. The first-order valence-corrected chi connectivity index (χ1v) is 9.92. The van der Waals surface area contributed by atoms with Gasteiger partial charge >= 0.3 is 5.69 Å². The highest BCUT2D eigenvalue weighted by Crippen LogP contribution is 2.29. The second-order valence-corrected chi connectivity index (χ2v) is 7.04. The monoisotopic (exact) mass is 508 g/mol. The first kappa shape index (κ1) is 25.1. The number of carbonyl (C=O) groups is 1. The number of aromatic nitrogens is 3. The largest absolute Gasteiger partial charge is 0.481 e. The van der Waals surface area contributed by atoms with Crippen molar-refractivity contribution in [3.63, 3.8) is 0 Å². The van der Waals surface area contributed by atoms with Crippen LogP contribution in [-0.2, 0) is 6.54 Å². The summed E-state index contributed by atoms with van der Waals surface area (Å²) in [6.45, 7) is -0.0791. The van der Waals surface area contributed by atoms with Gasteiger partial charge in [0.25, 0.3) is 12.3 Å². The summed E-state index contributed by atoms with van der Waals surface area (Å²) in [5.74, 6) is -5.77. The lowest BCUT2D eigenvalue weighted by molar-refractivity contribution is -0.00158. The topological polar surface area (TPSA) is 78.2 Å². The Kier molecular flexibility index (Phi) is 7.54. The van der Waals surface area contributed by atoms with Gasteiger partial charge in [-0.3, -0.25) is 9.36 Å². The van der Waals surface area contributed by atoms with Crippen LogP contribution in [0.15, 0.2) is 35.1 Å². The molecule has 14 heteroatoms. The number of alkyl halides is 3. The Bertz CT molecular complexity index is 1260. The lowest BCUT2D eigenvalue weighted by atomic mass is 10.1. The zero-order chi connectivity index (χ0) is 25.2. The maximum Gasteiger partial charge on any atom is 0.351 e. The van der Waals surface area contributed by atoms with Crippen LogP contribution in [0.25, 0.3) is 5.69 Å². The molecule has 0 aliphatic rings. The fraction of sp³-hybridized carbons (Fsp3) is 0.250. The molecule has 182 valence electrons. The molecular formula is C20H15ClF6N4O3. The maximum atomic E-state index is 14.9. The first-order chi connectivity index (χ1) is 16.1. The fourth-order valence-corrected chi connectivity index (χ4v) is 3.15. The number of benzene rings is 2. The number of ether oxygens (including phenoxy) is 1. The van der Waals surface area contributed by atoms with Gasteiger partial charge in [0.15, 0.2) is 6.10 Å². The minimum absolute atomic E-state index is 0.0621. The number of para-hydroxylation sites is 1. The Balaban J connectivity index is 2.14. The molecule has 0 spiro atoms. The van der Waals surface area contributed by atoms with Crippen molar-refractivity contribution >= 4 is 23.2 Å². The molecule has 0 aliphatic carbocycles. The van der Waals surface area contributed by atoms with E-state index in [0.29, 0.717) is 16.8 Å². The minimum Gasteiger partial charge on any atom is -0.481 e. The molecule has 34 heavy (non-hydrogen) atoms. The summed E-state index contributed by atoms with van der Waals surface area (Å²) < 4.78 is 88.4. The molecule has 0 radical (unpaired) electrons. The highest BCUT2D eigenvalue weighted by molar-refractivity contribution is 6.28. The van der Waals surface area contributed by atoms with E-state index in [1.807, 2.05) is 5.32 Å². The fourth-order valence-electron chi connectivity index (χ4n) is 2.89. The van der Waals surface area contributed by atoms with E-state index in [4.69, 9.17) is 16.3 Å². The molecule has 1 aromatic heterocycles. The first-order valence-electron chi connectivity index (χ1n) is 9.54. The predicted octanol–water partition coefficient (Wildman–Crippen LogP) is 4.36. The van der Waals surface area contributed by atoms with Crippen molar-refractivity contribution in [1.82, 2.24) is 14.3 Å². The number of carbonyl (C=O) groups excluding carboxylic acids is 1. The van der Waals surface area contributed by atoms with Gasteiger partial charge in [-0.05, 0) is 36.7 Å². The molecule has 3 rings (SSSR count). The van der Waals surface area contributed by atoms with Gasteiger partial charge in [-0.25, -0.2) is 31.1 Å². The molecule has 1 atom stereocenters. The van der Waals surface area contributed by atoms with E-state index in [0.717, 1.165) is 22.8 Å². The molecule has 0 saturated heterocycles. The van der Waals surface area contributed by atoms with Crippen molar-refractivity contribution in [2.24, 2.45) is 0 Å². The van der Waals surface area contributed by atoms with Gasteiger partial charge in [-0.1, -0.05) is 6.07 Å². The van der Waals surface area contributed by atoms with Crippen LogP contribution in [-0.4, -0.2) is 39.5 Å². The van der Waals surface area contributed by atoms with Gasteiger partial charge in [-0.15, -0.1) is 5.10 Å². The van der Waals surface area contributed by atoms with Crippen LogP contribution in [0.2, 0.25) is 5.28 Å². The number of anilines is 1. The van der Waals surface area contributed by atoms with E-state index in [2.05, 4.69) is 5.10 Å². The zero-order valence-corrected chi connectivity index (χ0v) is 17.9. The molecule has 7 nitrogen and oxygen atoms in total. The van der Waals surface area contributed by atoms with Gasteiger partial charge in [-0.2, -0.15) is 4.68 Å². The Hall–Kier alpha value is -3.48. The summed E-state index contributed by atoms with van der Waals surface area (Å²) in [5.41, 5.74) is -3.27. The number of nitrogens with zero attached hydrogens (tertiary/aromatic N) is 3. The minimum atomic E-state index is -3.35. The second-order valence-electron chi connectivity index (χ2n) is 6.70. The van der Waals surface area contributed by atoms with E-state index in [9.17, 15) is 35.9 Å². The highest BCUT2D eigenvalue weighted by atomic mass is 35.5. The highest BCUT2D eigenvalue weighted by Gasteiger charge is 2.28. The number of hydrogen-bond acceptors (Lipinski definition) is 4. The summed E-state index contributed by atoms with van der Waals surface area (Å²) in [6.07, 6.45) is -5.72. The molecule has 0 fully saturated rings. The van der Waals surface area contributed by atoms with Crippen molar-refractivity contribution in [2.75, 3.05) is 12.0 Å². The van der Waals surface area contributed by atoms with Crippen molar-refractivity contribution < 1.29 is 35.9 Å². The van der Waals surface area contributed by atoms with Crippen molar-refractivity contribution in [1.29, 1.82) is 0 Å². The van der Waals surface area contributed by atoms with Gasteiger partial charge in [0.1, 0.15) is 41.3 Å². The lowest BCUT2D eigenvalue weighted by Gasteiger charge is -2.19. The summed E-state index contributed by atoms with van der Waals surface area (Å²) in [4.78, 5) is 25.1. The van der Waals surface area contributed by atoms with E-state index in [1.54, 1.807) is 6.92 Å². The molecule has 2 aromatic carbocycles. The molecule has 1 N–H and O–H groups in total. The number of hydrogen-bond donors (Lipinski definition) is 1. The van der Waals surface area contributed by atoms with Crippen LogP contribution in [0.5, 0.6) is 5.75 Å². The zero-order valence-electron chi connectivity index (χ0n) is 17.2. The smallest absolute Gasteiger partial charge is 0.351 e. The van der Waals surface area contributed by atoms with E-state index in [-0.39, 0.29) is 11.8 Å². The normalized spacial score (nSPS) is 12.1. The van der Waals surface area contributed by atoms with Crippen LogP contribution in [0.3, 0.4) is 0 Å². The van der Waals surface area contributed by atoms with E-state index < -0.39 is 70.9 Å². The van der Waals surface area contributed by atoms with E-state index >= 15 is 0 Å². The molecule has 3 aromatic rings. The molecule has 0 aliphatic heterocycles. The Morgan fingerprint density at radius 3 is 2.35 bits per heavy atom. The third-order valence-corrected chi connectivity index (χ3v) is 4.85. The Labute approximate surface area is 192 Å². The number of halogens is 7. The molecule has 0 saturated carbocycles. The molecule has 1 amide bonds. The summed E-state index contributed by atoms with van der Waals surface area (Å²) >= 11 is 5.84. The van der Waals surface area contributed by atoms with Crippen molar-refractivity contribution in [3.8, 4) is 11.4 Å². The SMILES string of the molecule is CCn1c(Cl)nn(-c2cc(O[C@@H](CF)C(F)F)c(C(=O)Nc3c(F)cccc3F)cc2F)c1=O. The lowest BCUT2D eigenvalue weighted by Crippen LogP contribution is -2.29. The van der Waals surface area contributed by atoms with Crippen LogP contribution in [0.4, 0.5) is 32.0 Å². The van der Waals surface area contributed by atoms with Gasteiger partial charge < -0.3 is 10.1 Å². The van der Waals surface area contributed by atoms with Crippen molar-refractivity contribution in [3.05, 3.63) is 69.1 Å². The van der Waals surface area contributed by atoms with E-state index in [1.165, 1.54) is 0 Å². The van der Waals surface area contributed by atoms with Gasteiger partial charge in [0, 0.05) is 12.6 Å². The third-order valence-electron chi connectivity index (χ3n) is 4.57. The molecule has 0 unspecified atom stereocenters. The maximum absolute atomic E-state index is 14.9. The summed E-state index contributed by atoms with van der Waals surface area (Å²) in [7, 11) is 0. The average Bonchev–Trinajstić information content (AvgIpc) is 3.07. The molecular weight excluding hydrogens is 494 g/mol. The van der Waals surface area contributed by atoms with Crippen LogP contribution in [0, 0.1) is 17.5 Å². The number of nitrogens with one attached hydrogen (secondary N) is 1. The standard InChI is InChI=1S/C20H15ClF6N4O3/c1-2-30-19(21)29-31(20(30)33)13-7-14(34-15(8-22)17(26)27)9(6-12(13)25)18(32)28-16-10(23)4-3-5-11(16)24/h3-7,15,17H,2,8H2,1H3,(H,28,32)/t15-/m0/s1. The van der Waals surface area contributed by atoms with Crippen LogP contribution in [0.1, 0.15) is 17.3 Å². The predicted molar refractivity (Wildman–Crippen MR) is 109 cm³/mol.